The van der Waals surface area contributed by atoms with Gasteiger partial charge in [0.05, 0.1) is 26.9 Å². The summed E-state index contributed by atoms with van der Waals surface area (Å²) in [5.41, 5.74) is 0.574. The van der Waals surface area contributed by atoms with Gasteiger partial charge in [0.2, 0.25) is 0 Å². The fourth-order valence-electron chi connectivity index (χ4n) is 3.02. The van der Waals surface area contributed by atoms with Crippen LogP contribution >= 0.6 is 0 Å². The fraction of sp³-hybridized carbons (Fsp3) is 0.0909. The molecule has 3 rings (SSSR count). The largest absolute Gasteiger partial charge is 0.378 e. The molecule has 0 saturated carbocycles. The molecule has 11 nitrogen and oxygen atoms in total. The molecule has 0 spiro atoms. The van der Waals surface area contributed by atoms with Gasteiger partial charge >= 0.3 is 11.4 Å². The smallest absolute Gasteiger partial charge is 0.306 e. The van der Waals surface area contributed by atoms with Crippen molar-refractivity contribution < 1.29 is 14.8 Å². The molecule has 0 aliphatic rings. The highest BCUT2D eigenvalue weighted by atomic mass is 16.6. The number of nitrogens with one attached hydrogen (secondary N) is 1. The van der Waals surface area contributed by atoms with E-state index in [2.05, 4.69) is 5.32 Å². The molecule has 1 N–H and O–H groups in total. The van der Waals surface area contributed by atoms with Gasteiger partial charge in [0.1, 0.15) is 0 Å². The topological polar surface area (TPSA) is 145 Å². The molecule has 0 saturated heterocycles. The average Bonchev–Trinajstić information content (AvgIpc) is 2.78. The molecule has 0 aliphatic heterocycles. The second-order valence-electron chi connectivity index (χ2n) is 7.20. The van der Waals surface area contributed by atoms with E-state index in [4.69, 9.17) is 0 Å². The number of anilines is 3. The number of hydrogen-bond acceptors (Lipinski definition) is 8. The number of benzene rings is 3. The molecule has 3 aromatic rings. The summed E-state index contributed by atoms with van der Waals surface area (Å²) in [6, 6.07) is 16.0. The third-order valence-electron chi connectivity index (χ3n) is 4.74. The number of non-ortho nitro benzene ring substituents is 1. The quantitative estimate of drug-likeness (QED) is 0.274. The number of nitro benzene ring substituents is 3. The van der Waals surface area contributed by atoms with E-state index in [0.717, 1.165) is 16.8 Å². The van der Waals surface area contributed by atoms with Gasteiger partial charge in [-0.2, -0.15) is 0 Å². The Balaban J connectivity index is 1.85. The Morgan fingerprint density at radius 1 is 0.727 bits per heavy atom. The first-order valence-electron chi connectivity index (χ1n) is 9.59. The molecule has 0 fully saturated rings. The monoisotopic (exact) mass is 449 g/mol. The Morgan fingerprint density at radius 2 is 1.18 bits per heavy atom. The summed E-state index contributed by atoms with van der Waals surface area (Å²) < 4.78 is 0. The van der Waals surface area contributed by atoms with E-state index in [1.165, 1.54) is 0 Å². The van der Waals surface area contributed by atoms with E-state index < -0.39 is 37.5 Å². The van der Waals surface area contributed by atoms with Crippen LogP contribution in [0.4, 0.5) is 34.1 Å². The molecule has 3 aromatic carbocycles. The normalized spacial score (nSPS) is 10.7. The van der Waals surface area contributed by atoms with E-state index in [1.807, 2.05) is 55.4 Å². The van der Waals surface area contributed by atoms with E-state index in [9.17, 15) is 30.3 Å². The van der Waals surface area contributed by atoms with Crippen molar-refractivity contribution in [2.24, 2.45) is 0 Å². The van der Waals surface area contributed by atoms with Crippen LogP contribution in [0.25, 0.3) is 12.2 Å². The van der Waals surface area contributed by atoms with Crippen LogP contribution in [0, 0.1) is 30.3 Å². The van der Waals surface area contributed by atoms with Crippen LogP contribution < -0.4 is 10.2 Å². The molecule has 168 valence electrons. The maximum atomic E-state index is 11.4. The van der Waals surface area contributed by atoms with Gasteiger partial charge in [-0.25, -0.2) is 0 Å². The van der Waals surface area contributed by atoms with Crippen molar-refractivity contribution in [1.82, 2.24) is 0 Å². The zero-order valence-electron chi connectivity index (χ0n) is 17.7. The van der Waals surface area contributed by atoms with E-state index >= 15 is 0 Å². The van der Waals surface area contributed by atoms with Gasteiger partial charge in [-0.05, 0) is 35.4 Å². The van der Waals surface area contributed by atoms with Gasteiger partial charge in [-0.1, -0.05) is 36.4 Å². The molecule has 0 heterocycles. The molecule has 11 heteroatoms. The van der Waals surface area contributed by atoms with Crippen molar-refractivity contribution in [3.05, 3.63) is 102 Å². The second-order valence-corrected chi connectivity index (χ2v) is 7.20. The number of nitrogens with zero attached hydrogens (tertiary/aromatic N) is 4. The summed E-state index contributed by atoms with van der Waals surface area (Å²) in [4.78, 5) is 33.1. The summed E-state index contributed by atoms with van der Waals surface area (Å²) in [6.45, 7) is 0. The van der Waals surface area contributed by atoms with E-state index in [0.29, 0.717) is 17.8 Å². The summed E-state index contributed by atoms with van der Waals surface area (Å²) in [5, 5.41) is 36.5. The van der Waals surface area contributed by atoms with E-state index in [1.54, 1.807) is 24.3 Å². The van der Waals surface area contributed by atoms with Crippen molar-refractivity contribution >= 4 is 46.3 Å². The standard InChI is InChI=1S/C22H19N5O6/c1-24(2)18-11-7-16(8-12-18)4-3-15-5-9-17(10-6-15)23-22-20(26(30)31)13-19(25(28)29)14-21(22)27(32)33/h3-14,23H,1-2H3. The highest BCUT2D eigenvalue weighted by Crippen LogP contribution is 2.40. The highest BCUT2D eigenvalue weighted by Gasteiger charge is 2.30. The molecule has 0 unspecified atom stereocenters. The summed E-state index contributed by atoms with van der Waals surface area (Å²) >= 11 is 0. The number of rotatable bonds is 8. The summed E-state index contributed by atoms with van der Waals surface area (Å²) in [5.74, 6) is 0. The SMILES string of the molecule is CN(C)c1ccc(C=Cc2ccc(Nc3c([N+](=O)[O-])cc([N+](=O)[O-])cc3[N+](=O)[O-])cc2)cc1. The maximum absolute atomic E-state index is 11.4. The Bertz CT molecular complexity index is 1200. The van der Waals surface area contributed by atoms with Crippen LogP contribution in [0.5, 0.6) is 0 Å². The zero-order chi connectivity index (χ0) is 24.1. The molecular formula is C22H19N5O6. The Morgan fingerprint density at radius 3 is 1.58 bits per heavy atom. The molecule has 0 aliphatic carbocycles. The van der Waals surface area contributed by atoms with Gasteiger partial charge in [0, 0.05) is 25.5 Å². The first-order chi connectivity index (χ1) is 15.7. The fourth-order valence-corrected chi connectivity index (χ4v) is 3.02. The van der Waals surface area contributed by atoms with E-state index in [-0.39, 0.29) is 0 Å². The van der Waals surface area contributed by atoms with Gasteiger partial charge in [0.25, 0.3) is 5.69 Å². The van der Waals surface area contributed by atoms with Gasteiger partial charge < -0.3 is 10.2 Å². The first kappa shape index (κ1) is 22.9. The molecule has 0 atom stereocenters. The maximum Gasteiger partial charge on any atom is 0.306 e. The Hall–Kier alpha value is -4.80. The van der Waals surface area contributed by atoms with Crippen molar-refractivity contribution in [1.29, 1.82) is 0 Å². The lowest BCUT2D eigenvalue weighted by atomic mass is 10.1. The number of nitro groups is 3. The zero-order valence-corrected chi connectivity index (χ0v) is 17.7. The lowest BCUT2D eigenvalue weighted by molar-refractivity contribution is -0.401. The minimum absolute atomic E-state index is 0.350. The lowest BCUT2D eigenvalue weighted by Crippen LogP contribution is -2.07. The summed E-state index contributed by atoms with van der Waals surface area (Å²) in [7, 11) is 3.92. The Labute approximate surface area is 188 Å². The third kappa shape index (κ3) is 5.47. The molecule has 0 aromatic heterocycles. The highest BCUT2D eigenvalue weighted by molar-refractivity contribution is 5.81. The molecule has 0 radical (unpaired) electrons. The Kier molecular flexibility index (Phi) is 6.63. The van der Waals surface area contributed by atoms with Crippen LogP contribution in [0.15, 0.2) is 60.7 Å². The van der Waals surface area contributed by atoms with Gasteiger partial charge in [-0.15, -0.1) is 0 Å². The van der Waals surface area contributed by atoms with Crippen LogP contribution in [-0.2, 0) is 0 Å². The van der Waals surface area contributed by atoms with Crippen LogP contribution in [0.2, 0.25) is 0 Å². The molecule has 0 bridgehead atoms. The third-order valence-corrected chi connectivity index (χ3v) is 4.74. The minimum Gasteiger partial charge on any atom is -0.378 e. The predicted molar refractivity (Wildman–Crippen MR) is 126 cm³/mol. The van der Waals surface area contributed by atoms with Gasteiger partial charge in [0.15, 0.2) is 5.69 Å². The molecule has 0 amide bonds. The first-order valence-corrected chi connectivity index (χ1v) is 9.59. The van der Waals surface area contributed by atoms with Crippen molar-refractivity contribution in [2.45, 2.75) is 0 Å². The van der Waals surface area contributed by atoms with Crippen molar-refractivity contribution in [2.75, 3.05) is 24.3 Å². The minimum atomic E-state index is -0.918. The number of hydrogen-bond donors (Lipinski definition) is 1. The van der Waals surface area contributed by atoms with Crippen molar-refractivity contribution in [3.8, 4) is 0 Å². The van der Waals surface area contributed by atoms with Crippen LogP contribution in [0.3, 0.4) is 0 Å². The predicted octanol–water partition coefficient (Wildman–Crippen LogP) is 5.39. The molecular weight excluding hydrogens is 430 g/mol. The second kappa shape index (κ2) is 9.56. The average molecular weight is 449 g/mol. The molecule has 33 heavy (non-hydrogen) atoms. The van der Waals surface area contributed by atoms with Crippen LogP contribution in [0.1, 0.15) is 11.1 Å². The van der Waals surface area contributed by atoms with Gasteiger partial charge in [-0.3, -0.25) is 30.3 Å². The van der Waals surface area contributed by atoms with Crippen LogP contribution in [-0.4, -0.2) is 28.9 Å². The lowest BCUT2D eigenvalue weighted by Gasteiger charge is -2.11. The summed E-state index contributed by atoms with van der Waals surface area (Å²) in [6.07, 6.45) is 3.80. The van der Waals surface area contributed by atoms with Crippen molar-refractivity contribution in [3.63, 3.8) is 0 Å².